The maximum absolute atomic E-state index is 12.6. The summed E-state index contributed by atoms with van der Waals surface area (Å²) in [4.78, 5) is 25.0. The van der Waals surface area contributed by atoms with Crippen molar-refractivity contribution >= 4 is 17.6 Å². The third-order valence-corrected chi connectivity index (χ3v) is 7.13. The summed E-state index contributed by atoms with van der Waals surface area (Å²) < 4.78 is 6.89. The fourth-order valence-corrected chi connectivity index (χ4v) is 5.27. The Kier molecular flexibility index (Phi) is 6.54. The molecule has 1 fully saturated rings. The van der Waals surface area contributed by atoms with E-state index in [9.17, 15) is 14.7 Å². The number of anilines is 1. The average molecular weight is 500 g/mol. The molecule has 2 aliphatic rings. The van der Waals surface area contributed by atoms with Crippen LogP contribution in [-0.4, -0.2) is 39.9 Å². The molecule has 2 aromatic carbocycles. The quantitative estimate of drug-likeness (QED) is 0.393. The lowest BCUT2D eigenvalue weighted by atomic mass is 9.89. The van der Waals surface area contributed by atoms with Crippen LogP contribution < -0.4 is 21.5 Å². The number of hydrogen-bond acceptors (Lipinski definition) is 6. The molecule has 2 aliphatic carbocycles. The molecule has 0 spiro atoms. The highest BCUT2D eigenvalue weighted by atomic mass is 16.5. The third kappa shape index (κ3) is 4.49. The number of aromatic nitrogens is 2. The molecule has 9 heteroatoms. The van der Waals surface area contributed by atoms with Crippen molar-refractivity contribution in [3.05, 3.63) is 89.5 Å². The number of nitrogen functional groups attached to an aromatic ring is 1. The summed E-state index contributed by atoms with van der Waals surface area (Å²) >= 11 is 0. The number of rotatable bonds is 7. The second kappa shape index (κ2) is 9.94. The highest BCUT2D eigenvalue weighted by molar-refractivity contribution is 6.03. The van der Waals surface area contributed by atoms with E-state index in [0.717, 1.165) is 5.56 Å². The molecule has 4 atom stereocenters. The van der Waals surface area contributed by atoms with Crippen molar-refractivity contribution < 1.29 is 19.4 Å². The summed E-state index contributed by atoms with van der Waals surface area (Å²) in [6, 6.07) is 14.2. The molecule has 1 heterocycles. The largest absolute Gasteiger partial charge is 0.496 e. The van der Waals surface area contributed by atoms with Gasteiger partial charge in [-0.3, -0.25) is 9.59 Å². The monoisotopic (exact) mass is 499 g/mol. The molecule has 37 heavy (non-hydrogen) atoms. The molecule has 5 rings (SSSR count). The van der Waals surface area contributed by atoms with Crippen LogP contribution in [0.4, 0.5) is 5.82 Å². The van der Waals surface area contributed by atoms with Crippen LogP contribution in [0.5, 0.6) is 5.75 Å². The van der Waals surface area contributed by atoms with Gasteiger partial charge in [-0.1, -0.05) is 60.7 Å². The van der Waals surface area contributed by atoms with Crippen LogP contribution in [0, 0.1) is 11.8 Å². The van der Waals surface area contributed by atoms with Gasteiger partial charge in [-0.25, -0.2) is 4.68 Å². The van der Waals surface area contributed by atoms with Gasteiger partial charge in [0.25, 0.3) is 11.8 Å². The molecule has 0 aliphatic heterocycles. The molecule has 6 N–H and O–H groups in total. The summed E-state index contributed by atoms with van der Waals surface area (Å²) in [6.45, 7) is 0.305. The summed E-state index contributed by atoms with van der Waals surface area (Å²) in [5.41, 5.74) is 14.6. The van der Waals surface area contributed by atoms with Crippen LogP contribution in [0.1, 0.15) is 38.7 Å². The molecule has 0 bridgehead atoms. The zero-order chi connectivity index (χ0) is 26.1. The predicted octanol–water partition coefficient (Wildman–Crippen LogP) is 2.83. The lowest BCUT2D eigenvalue weighted by molar-refractivity contribution is 0.0946. The Morgan fingerprint density at radius 2 is 1.81 bits per heavy atom. The van der Waals surface area contributed by atoms with Crippen molar-refractivity contribution in [2.75, 3.05) is 12.8 Å². The van der Waals surface area contributed by atoms with Crippen molar-refractivity contribution in [3.8, 4) is 17.0 Å². The molecule has 0 radical (unpaired) electrons. The van der Waals surface area contributed by atoms with E-state index >= 15 is 0 Å². The molecular formula is C28H29N5O4. The van der Waals surface area contributed by atoms with Gasteiger partial charge in [0.1, 0.15) is 22.8 Å². The van der Waals surface area contributed by atoms with Crippen molar-refractivity contribution in [2.45, 2.75) is 25.1 Å². The van der Waals surface area contributed by atoms with E-state index in [1.807, 2.05) is 48.6 Å². The number of para-hydroxylation sites is 1. The summed E-state index contributed by atoms with van der Waals surface area (Å²) in [6.07, 6.45) is 7.87. The second-order valence-electron chi connectivity index (χ2n) is 9.29. The minimum absolute atomic E-state index is 0.0185. The number of nitrogens with zero attached hydrogens (tertiary/aromatic N) is 2. The number of carbonyl (C=O) groups excluding carboxylic acids is 2. The zero-order valence-corrected chi connectivity index (χ0v) is 20.4. The number of benzene rings is 2. The Hall–Kier alpha value is -4.37. The van der Waals surface area contributed by atoms with E-state index < -0.39 is 12.0 Å². The Bertz CT molecular complexity index is 1390. The summed E-state index contributed by atoms with van der Waals surface area (Å²) in [7, 11) is 1.52. The van der Waals surface area contributed by atoms with E-state index in [1.165, 1.54) is 7.11 Å². The molecule has 9 nitrogen and oxygen atoms in total. The number of nitrogens with one attached hydrogen (secondary N) is 1. The van der Waals surface area contributed by atoms with Gasteiger partial charge >= 0.3 is 0 Å². The van der Waals surface area contributed by atoms with Crippen LogP contribution in [0.2, 0.25) is 0 Å². The molecule has 3 aromatic rings. The van der Waals surface area contributed by atoms with Crippen LogP contribution in [0.25, 0.3) is 11.3 Å². The molecule has 0 saturated heterocycles. The standard InChI is InChI=1S/C28H29N5O4/c1-37-23-9-5-4-8-20(23)28(36)31-15-16-10-12-17(13-11-16)25-24(27(30)35)26(29)33(32-25)21-14-22(34)19-7-3-2-6-18(19)21/h2-13,18-19,21-22,34H,14-15,29H2,1H3,(H2,30,35)(H,31,36). The lowest BCUT2D eigenvalue weighted by Gasteiger charge is -2.23. The van der Waals surface area contributed by atoms with Crippen LogP contribution in [0.3, 0.4) is 0 Å². The molecular weight excluding hydrogens is 470 g/mol. The van der Waals surface area contributed by atoms with Crippen molar-refractivity contribution in [2.24, 2.45) is 17.6 Å². The Morgan fingerprint density at radius 1 is 1.11 bits per heavy atom. The Morgan fingerprint density at radius 3 is 2.51 bits per heavy atom. The number of aliphatic hydroxyl groups is 1. The van der Waals surface area contributed by atoms with Gasteiger partial charge in [-0.15, -0.1) is 0 Å². The number of primary amides is 1. The second-order valence-corrected chi connectivity index (χ2v) is 9.29. The average Bonchev–Trinajstić information content (AvgIpc) is 3.44. The first-order chi connectivity index (χ1) is 17.9. The van der Waals surface area contributed by atoms with E-state index in [0.29, 0.717) is 35.5 Å². The fourth-order valence-electron chi connectivity index (χ4n) is 5.27. The maximum Gasteiger partial charge on any atom is 0.255 e. The Labute approximate surface area is 214 Å². The van der Waals surface area contributed by atoms with Gasteiger partial charge in [0.05, 0.1) is 24.8 Å². The maximum atomic E-state index is 12.6. The molecule has 4 unspecified atom stereocenters. The minimum Gasteiger partial charge on any atom is -0.496 e. The highest BCUT2D eigenvalue weighted by Gasteiger charge is 2.43. The summed E-state index contributed by atoms with van der Waals surface area (Å²) in [5, 5.41) is 18.2. The van der Waals surface area contributed by atoms with E-state index in [-0.39, 0.29) is 35.2 Å². The van der Waals surface area contributed by atoms with Gasteiger partial charge in [0, 0.05) is 23.9 Å². The first kappa shape index (κ1) is 24.3. The smallest absolute Gasteiger partial charge is 0.255 e. The first-order valence-electron chi connectivity index (χ1n) is 12.1. The molecule has 1 saturated carbocycles. The number of carbonyl (C=O) groups is 2. The number of fused-ring (bicyclic) bond motifs is 1. The first-order valence-corrected chi connectivity index (χ1v) is 12.1. The van der Waals surface area contributed by atoms with Crippen LogP contribution in [-0.2, 0) is 6.54 Å². The molecule has 1 aromatic heterocycles. The number of ether oxygens (including phenoxy) is 1. The van der Waals surface area contributed by atoms with Crippen LogP contribution in [0.15, 0.2) is 72.8 Å². The van der Waals surface area contributed by atoms with Crippen molar-refractivity contribution in [1.82, 2.24) is 15.1 Å². The highest BCUT2D eigenvalue weighted by Crippen LogP contribution is 2.45. The van der Waals surface area contributed by atoms with Gasteiger partial charge < -0.3 is 26.6 Å². The fraction of sp³-hybridized carbons (Fsp3) is 0.250. The molecule has 2 amide bonds. The third-order valence-electron chi connectivity index (χ3n) is 7.13. The van der Waals surface area contributed by atoms with E-state index in [4.69, 9.17) is 21.3 Å². The van der Waals surface area contributed by atoms with Crippen LogP contribution >= 0.6 is 0 Å². The number of methoxy groups -OCH3 is 1. The number of amides is 2. The van der Waals surface area contributed by atoms with Crippen molar-refractivity contribution in [3.63, 3.8) is 0 Å². The van der Waals surface area contributed by atoms with Gasteiger partial charge in [-0.05, 0) is 24.1 Å². The number of hydrogen-bond donors (Lipinski definition) is 4. The van der Waals surface area contributed by atoms with E-state index in [2.05, 4.69) is 5.32 Å². The lowest BCUT2D eigenvalue weighted by Crippen LogP contribution is -2.23. The SMILES string of the molecule is COc1ccccc1C(=O)NCc1ccc(-c2nn(C3CC(O)C4C=CC=CC43)c(N)c2C(N)=O)cc1. The van der Waals surface area contributed by atoms with Gasteiger partial charge in [0.15, 0.2) is 0 Å². The predicted molar refractivity (Wildman–Crippen MR) is 140 cm³/mol. The van der Waals surface area contributed by atoms with Gasteiger partial charge in [0.2, 0.25) is 0 Å². The van der Waals surface area contributed by atoms with Crippen molar-refractivity contribution in [1.29, 1.82) is 0 Å². The number of allylic oxidation sites excluding steroid dienone is 3. The topological polar surface area (TPSA) is 145 Å². The number of nitrogens with two attached hydrogens (primary N) is 2. The zero-order valence-electron chi connectivity index (χ0n) is 20.4. The van der Waals surface area contributed by atoms with Gasteiger partial charge in [-0.2, -0.15) is 5.10 Å². The minimum atomic E-state index is -0.666. The van der Waals surface area contributed by atoms with E-state index in [1.54, 1.807) is 28.9 Å². The Balaban J connectivity index is 1.37. The number of aliphatic hydroxyl groups excluding tert-OH is 1. The normalized spacial score (nSPS) is 22.0. The molecule has 190 valence electrons. The summed E-state index contributed by atoms with van der Waals surface area (Å²) in [5.74, 6) is -0.219.